The predicted molar refractivity (Wildman–Crippen MR) is 80.1 cm³/mol. The minimum Gasteiger partial charge on any atom is -0.489 e. The highest BCUT2D eigenvalue weighted by Gasteiger charge is 2.18. The maximum absolute atomic E-state index is 9.94. The molecule has 2 nitrogen and oxygen atoms in total. The Morgan fingerprint density at radius 2 is 2.05 bits per heavy atom. The Hall–Kier alpha value is -1.51. The van der Waals surface area contributed by atoms with Crippen LogP contribution in [0.1, 0.15) is 35.6 Å². The van der Waals surface area contributed by atoms with Crippen molar-refractivity contribution in [2.24, 2.45) is 0 Å². The molecule has 0 saturated heterocycles. The molecular weight excluding hydrogens is 272 g/mol. The topological polar surface area (TPSA) is 29.5 Å². The zero-order chi connectivity index (χ0) is 13.9. The lowest BCUT2D eigenvalue weighted by molar-refractivity contribution is 0.156. The smallest absolute Gasteiger partial charge is 0.120 e. The number of aryl methyl sites for hydroxylation is 1. The molecule has 20 heavy (non-hydrogen) atoms. The second kappa shape index (κ2) is 5.86. The maximum atomic E-state index is 9.94. The molecule has 0 radical (unpaired) electrons. The standard InChI is InChI=1S/C17H17ClO2/c18-16-6-2-1-4-13(16)11-20-14-8-9-15-12(10-14)5-3-7-17(15)19/h1-2,4,6,8-10,17,19H,3,5,7,11H2. The van der Waals surface area contributed by atoms with E-state index in [0.29, 0.717) is 6.61 Å². The third kappa shape index (κ3) is 2.82. The second-order valence-electron chi connectivity index (χ2n) is 5.15. The summed E-state index contributed by atoms with van der Waals surface area (Å²) in [5, 5.41) is 10.7. The summed E-state index contributed by atoms with van der Waals surface area (Å²) in [5.41, 5.74) is 3.22. The summed E-state index contributed by atoms with van der Waals surface area (Å²) in [6, 6.07) is 13.6. The lowest BCUT2D eigenvalue weighted by Gasteiger charge is -2.21. The molecule has 2 aromatic carbocycles. The van der Waals surface area contributed by atoms with Gasteiger partial charge in [0, 0.05) is 10.6 Å². The highest BCUT2D eigenvalue weighted by Crippen LogP contribution is 2.32. The van der Waals surface area contributed by atoms with Crippen LogP contribution in [0, 0.1) is 0 Å². The van der Waals surface area contributed by atoms with Gasteiger partial charge in [0.2, 0.25) is 0 Å². The van der Waals surface area contributed by atoms with Crippen molar-refractivity contribution in [1.82, 2.24) is 0 Å². The van der Waals surface area contributed by atoms with Crippen LogP contribution < -0.4 is 4.74 Å². The van der Waals surface area contributed by atoms with E-state index in [9.17, 15) is 5.11 Å². The van der Waals surface area contributed by atoms with Crippen molar-refractivity contribution in [3.63, 3.8) is 0 Å². The number of ether oxygens (including phenoxy) is 1. The van der Waals surface area contributed by atoms with Gasteiger partial charge in [-0.3, -0.25) is 0 Å². The molecule has 0 fully saturated rings. The molecule has 1 atom stereocenters. The monoisotopic (exact) mass is 288 g/mol. The van der Waals surface area contributed by atoms with E-state index < -0.39 is 0 Å². The molecular formula is C17H17ClO2. The molecule has 1 unspecified atom stereocenters. The van der Waals surface area contributed by atoms with Gasteiger partial charge in [-0.25, -0.2) is 0 Å². The number of rotatable bonds is 3. The Labute approximate surface area is 124 Å². The van der Waals surface area contributed by atoms with Gasteiger partial charge in [0.15, 0.2) is 0 Å². The van der Waals surface area contributed by atoms with Gasteiger partial charge in [0.1, 0.15) is 12.4 Å². The summed E-state index contributed by atoms with van der Waals surface area (Å²) in [5.74, 6) is 0.831. The number of aliphatic hydroxyl groups excluding tert-OH is 1. The van der Waals surface area contributed by atoms with Crippen molar-refractivity contribution >= 4 is 11.6 Å². The largest absolute Gasteiger partial charge is 0.489 e. The van der Waals surface area contributed by atoms with Gasteiger partial charge in [-0.05, 0) is 48.6 Å². The van der Waals surface area contributed by atoms with Gasteiger partial charge in [0.05, 0.1) is 6.10 Å². The van der Waals surface area contributed by atoms with E-state index in [1.165, 1.54) is 5.56 Å². The van der Waals surface area contributed by atoms with Crippen LogP contribution in [-0.2, 0) is 13.0 Å². The molecule has 2 aromatic rings. The summed E-state index contributed by atoms with van der Waals surface area (Å²) < 4.78 is 5.81. The van der Waals surface area contributed by atoms with Gasteiger partial charge in [-0.15, -0.1) is 0 Å². The van der Waals surface area contributed by atoms with Crippen LogP contribution in [0.2, 0.25) is 5.02 Å². The minimum atomic E-state index is -0.323. The average Bonchev–Trinajstić information content (AvgIpc) is 2.46. The van der Waals surface area contributed by atoms with Gasteiger partial charge >= 0.3 is 0 Å². The van der Waals surface area contributed by atoms with E-state index in [4.69, 9.17) is 16.3 Å². The van der Waals surface area contributed by atoms with Crippen molar-refractivity contribution in [2.45, 2.75) is 32.0 Å². The third-order valence-corrected chi connectivity index (χ3v) is 4.12. The summed E-state index contributed by atoms with van der Waals surface area (Å²) in [6.07, 6.45) is 2.57. The zero-order valence-electron chi connectivity index (χ0n) is 11.2. The van der Waals surface area contributed by atoms with Gasteiger partial charge < -0.3 is 9.84 Å². The molecule has 0 bridgehead atoms. The zero-order valence-corrected chi connectivity index (χ0v) is 11.9. The van der Waals surface area contributed by atoms with Gasteiger partial charge in [-0.2, -0.15) is 0 Å². The van der Waals surface area contributed by atoms with E-state index in [2.05, 4.69) is 0 Å². The summed E-state index contributed by atoms with van der Waals surface area (Å²) in [6.45, 7) is 0.459. The fourth-order valence-electron chi connectivity index (χ4n) is 2.63. The molecule has 0 spiro atoms. The SMILES string of the molecule is OC1CCCc2cc(OCc3ccccc3Cl)ccc21. The Kier molecular flexibility index (Phi) is 3.95. The van der Waals surface area contributed by atoms with Crippen LogP contribution in [0.15, 0.2) is 42.5 Å². The van der Waals surface area contributed by atoms with Crippen LogP contribution in [0.4, 0.5) is 0 Å². The Morgan fingerprint density at radius 3 is 2.90 bits per heavy atom. The normalized spacial score (nSPS) is 17.6. The molecule has 104 valence electrons. The first-order valence-corrected chi connectivity index (χ1v) is 7.29. The van der Waals surface area contributed by atoms with Crippen LogP contribution in [-0.4, -0.2) is 5.11 Å². The number of hydrogen-bond donors (Lipinski definition) is 1. The quantitative estimate of drug-likeness (QED) is 0.913. The highest BCUT2D eigenvalue weighted by atomic mass is 35.5. The van der Waals surface area contributed by atoms with Crippen molar-refractivity contribution in [3.05, 3.63) is 64.2 Å². The van der Waals surface area contributed by atoms with Crippen LogP contribution in [0.25, 0.3) is 0 Å². The van der Waals surface area contributed by atoms with Crippen LogP contribution in [0.5, 0.6) is 5.75 Å². The third-order valence-electron chi connectivity index (χ3n) is 3.75. The Balaban J connectivity index is 1.74. The highest BCUT2D eigenvalue weighted by molar-refractivity contribution is 6.31. The minimum absolute atomic E-state index is 0.323. The van der Waals surface area contributed by atoms with E-state index >= 15 is 0 Å². The number of halogens is 1. The molecule has 1 N–H and O–H groups in total. The molecule has 0 saturated carbocycles. The molecule has 0 amide bonds. The number of fused-ring (bicyclic) bond motifs is 1. The lowest BCUT2D eigenvalue weighted by atomic mass is 9.89. The lowest BCUT2D eigenvalue weighted by Crippen LogP contribution is -2.09. The van der Waals surface area contributed by atoms with Crippen LogP contribution in [0.3, 0.4) is 0 Å². The van der Waals surface area contributed by atoms with E-state index in [1.807, 2.05) is 42.5 Å². The summed E-state index contributed by atoms with van der Waals surface area (Å²) in [4.78, 5) is 0. The predicted octanol–water partition coefficient (Wildman–Crippen LogP) is 4.29. The maximum Gasteiger partial charge on any atom is 0.120 e. The van der Waals surface area contributed by atoms with Crippen molar-refractivity contribution in [1.29, 1.82) is 0 Å². The molecule has 1 aliphatic carbocycles. The van der Waals surface area contributed by atoms with E-state index in [1.54, 1.807) is 0 Å². The average molecular weight is 289 g/mol. The molecule has 3 rings (SSSR count). The number of benzene rings is 2. The molecule has 1 aliphatic rings. The number of hydrogen-bond acceptors (Lipinski definition) is 2. The molecule has 0 aromatic heterocycles. The molecule has 0 aliphatic heterocycles. The number of aliphatic hydroxyl groups is 1. The first kappa shape index (κ1) is 13.5. The van der Waals surface area contributed by atoms with Gasteiger partial charge in [0.25, 0.3) is 0 Å². The van der Waals surface area contributed by atoms with Gasteiger partial charge in [-0.1, -0.05) is 35.9 Å². The Bertz CT molecular complexity index is 610. The summed E-state index contributed by atoms with van der Waals surface area (Å²) in [7, 11) is 0. The van der Waals surface area contributed by atoms with Crippen molar-refractivity contribution in [3.8, 4) is 5.75 Å². The van der Waals surface area contributed by atoms with Crippen LogP contribution >= 0.6 is 11.6 Å². The summed E-state index contributed by atoms with van der Waals surface area (Å²) >= 11 is 6.11. The fraction of sp³-hybridized carbons (Fsp3) is 0.294. The van der Waals surface area contributed by atoms with E-state index in [0.717, 1.165) is 41.2 Å². The second-order valence-corrected chi connectivity index (χ2v) is 5.56. The first-order valence-electron chi connectivity index (χ1n) is 6.91. The molecule has 3 heteroatoms. The van der Waals surface area contributed by atoms with E-state index in [-0.39, 0.29) is 6.10 Å². The van der Waals surface area contributed by atoms with Crippen molar-refractivity contribution in [2.75, 3.05) is 0 Å². The van der Waals surface area contributed by atoms with Crippen molar-refractivity contribution < 1.29 is 9.84 Å². The first-order chi connectivity index (χ1) is 9.74. The molecule has 0 heterocycles. The Morgan fingerprint density at radius 1 is 1.20 bits per heavy atom. The fourth-order valence-corrected chi connectivity index (χ4v) is 2.82.